The zero-order chi connectivity index (χ0) is 21.9. The molecule has 2 aliphatic carbocycles. The molecule has 0 atom stereocenters. The molecule has 7 nitrogen and oxygen atoms in total. The third-order valence-electron chi connectivity index (χ3n) is 6.03. The number of hydrogen-bond donors (Lipinski definition) is 0. The topological polar surface area (TPSA) is 91.8 Å². The van der Waals surface area contributed by atoms with E-state index in [1.807, 2.05) is 0 Å². The summed E-state index contributed by atoms with van der Waals surface area (Å²) < 4.78 is 16.3. The van der Waals surface area contributed by atoms with E-state index >= 15 is 0 Å². The van der Waals surface area contributed by atoms with Crippen LogP contribution in [0.25, 0.3) is 10.9 Å². The number of nitrogens with zero attached hydrogens (tertiary/aromatic N) is 1. The number of Topliss-reactive ketones (excluding diaryl/α,β-unsaturated/α-hetero) is 1. The van der Waals surface area contributed by atoms with Crippen molar-refractivity contribution in [1.82, 2.24) is 4.98 Å². The second-order valence-corrected chi connectivity index (χ2v) is 7.54. The molecule has 0 saturated carbocycles. The predicted molar refractivity (Wildman–Crippen MR) is 112 cm³/mol. The van der Waals surface area contributed by atoms with Gasteiger partial charge >= 0.3 is 0 Å². The van der Waals surface area contributed by atoms with Crippen molar-refractivity contribution < 1.29 is 28.6 Å². The molecule has 7 heteroatoms. The van der Waals surface area contributed by atoms with E-state index < -0.39 is 11.6 Å². The van der Waals surface area contributed by atoms with Gasteiger partial charge in [0.05, 0.1) is 49.1 Å². The SMILES string of the molecule is COc1ccc(OC)c2c1C(=O)c1c(OC)cc3c4c(cnc3c1C2=O)CCCC4=O. The largest absolute Gasteiger partial charge is 0.496 e. The minimum atomic E-state index is -0.417. The number of carbonyl (C=O) groups excluding carboxylic acids is 3. The molecule has 0 saturated heterocycles. The first-order valence-electron chi connectivity index (χ1n) is 9.92. The first-order chi connectivity index (χ1) is 15.0. The average Bonchev–Trinajstić information content (AvgIpc) is 2.80. The summed E-state index contributed by atoms with van der Waals surface area (Å²) in [4.78, 5) is 44.6. The predicted octanol–water partition coefficient (Wildman–Crippen LogP) is 3.56. The van der Waals surface area contributed by atoms with E-state index in [0.29, 0.717) is 22.9 Å². The lowest BCUT2D eigenvalue weighted by Crippen LogP contribution is -2.24. The minimum absolute atomic E-state index is 0.00453. The van der Waals surface area contributed by atoms with E-state index in [2.05, 4.69) is 4.98 Å². The Morgan fingerprint density at radius 3 is 1.94 bits per heavy atom. The van der Waals surface area contributed by atoms with Crippen LogP contribution in [0.3, 0.4) is 0 Å². The van der Waals surface area contributed by atoms with Gasteiger partial charge in [-0.3, -0.25) is 19.4 Å². The molecule has 0 unspecified atom stereocenters. The molecule has 0 radical (unpaired) electrons. The Morgan fingerprint density at radius 2 is 1.32 bits per heavy atom. The summed E-state index contributed by atoms with van der Waals surface area (Å²) in [6.07, 6.45) is 3.58. The van der Waals surface area contributed by atoms with Crippen molar-refractivity contribution >= 4 is 28.3 Å². The Morgan fingerprint density at radius 1 is 0.742 bits per heavy atom. The zero-order valence-corrected chi connectivity index (χ0v) is 17.3. The first kappa shape index (κ1) is 19.2. The smallest absolute Gasteiger partial charge is 0.202 e. The number of benzene rings is 2. The van der Waals surface area contributed by atoms with Gasteiger partial charge in [0.25, 0.3) is 0 Å². The summed E-state index contributed by atoms with van der Waals surface area (Å²) in [5, 5.41) is 0.532. The third-order valence-corrected chi connectivity index (χ3v) is 6.03. The number of rotatable bonds is 3. The third kappa shape index (κ3) is 2.52. The maximum atomic E-state index is 13.8. The molecule has 3 aromatic rings. The lowest BCUT2D eigenvalue weighted by molar-refractivity contribution is 0.0971. The number of ketones is 3. The van der Waals surface area contributed by atoms with Crippen LogP contribution < -0.4 is 14.2 Å². The van der Waals surface area contributed by atoms with Gasteiger partial charge in [-0.2, -0.15) is 0 Å². The second-order valence-electron chi connectivity index (χ2n) is 7.54. The number of pyridine rings is 1. The van der Waals surface area contributed by atoms with Crippen LogP contribution in [0.2, 0.25) is 0 Å². The summed E-state index contributed by atoms with van der Waals surface area (Å²) >= 11 is 0. The summed E-state index contributed by atoms with van der Waals surface area (Å²) in [6, 6.07) is 4.83. The fourth-order valence-corrected chi connectivity index (χ4v) is 4.65. The summed E-state index contributed by atoms with van der Waals surface area (Å²) in [7, 11) is 4.31. The first-order valence-corrected chi connectivity index (χ1v) is 9.92. The van der Waals surface area contributed by atoms with Gasteiger partial charge in [0.15, 0.2) is 5.78 Å². The van der Waals surface area contributed by atoms with E-state index in [0.717, 1.165) is 18.4 Å². The Labute approximate surface area is 177 Å². The summed E-state index contributed by atoms with van der Waals surface area (Å²) in [5.41, 5.74) is 2.22. The molecule has 1 aromatic heterocycles. The van der Waals surface area contributed by atoms with Gasteiger partial charge in [0.1, 0.15) is 17.2 Å². The van der Waals surface area contributed by atoms with Crippen molar-refractivity contribution in [2.24, 2.45) is 0 Å². The van der Waals surface area contributed by atoms with E-state index in [-0.39, 0.29) is 45.3 Å². The van der Waals surface area contributed by atoms with E-state index in [1.54, 1.807) is 24.4 Å². The highest BCUT2D eigenvalue weighted by Gasteiger charge is 2.40. The van der Waals surface area contributed by atoms with Crippen LogP contribution in [0.15, 0.2) is 24.4 Å². The second kappa shape index (κ2) is 6.91. The number of aromatic nitrogens is 1. The number of fused-ring (bicyclic) bond motifs is 6. The minimum Gasteiger partial charge on any atom is -0.496 e. The van der Waals surface area contributed by atoms with Crippen LogP contribution in [0.1, 0.15) is 60.6 Å². The Balaban J connectivity index is 1.92. The highest BCUT2D eigenvalue weighted by molar-refractivity contribution is 6.35. The number of methoxy groups -OCH3 is 3. The van der Waals surface area contributed by atoms with Crippen molar-refractivity contribution in [3.8, 4) is 17.2 Å². The van der Waals surface area contributed by atoms with E-state index in [1.165, 1.54) is 21.3 Å². The Hall–Kier alpha value is -3.74. The molecule has 0 N–H and O–H groups in total. The molecule has 2 aromatic carbocycles. The molecule has 0 fully saturated rings. The van der Waals surface area contributed by atoms with E-state index in [4.69, 9.17) is 14.2 Å². The van der Waals surface area contributed by atoms with Crippen LogP contribution in [0, 0.1) is 0 Å². The van der Waals surface area contributed by atoms with Crippen LogP contribution in [0.5, 0.6) is 17.2 Å². The molecule has 1 heterocycles. The molecule has 2 aliphatic rings. The highest BCUT2D eigenvalue weighted by atomic mass is 16.5. The monoisotopic (exact) mass is 417 g/mol. The molecule has 5 rings (SSSR count). The van der Waals surface area contributed by atoms with Gasteiger partial charge in [0, 0.05) is 23.6 Å². The van der Waals surface area contributed by atoms with E-state index in [9.17, 15) is 14.4 Å². The van der Waals surface area contributed by atoms with Gasteiger partial charge in [-0.1, -0.05) is 0 Å². The highest BCUT2D eigenvalue weighted by Crippen LogP contribution is 2.44. The fraction of sp³-hybridized carbons (Fsp3) is 0.250. The summed E-state index contributed by atoms with van der Waals surface area (Å²) in [6.45, 7) is 0. The molecule has 156 valence electrons. The van der Waals surface area contributed by atoms with Crippen molar-refractivity contribution in [3.63, 3.8) is 0 Å². The van der Waals surface area contributed by atoms with Gasteiger partial charge < -0.3 is 14.2 Å². The number of hydrogen-bond acceptors (Lipinski definition) is 7. The van der Waals surface area contributed by atoms with Crippen molar-refractivity contribution in [1.29, 1.82) is 0 Å². The molecule has 0 bridgehead atoms. The van der Waals surface area contributed by atoms with Crippen LogP contribution >= 0.6 is 0 Å². The molecule has 0 spiro atoms. The number of aryl methyl sites for hydroxylation is 1. The standard InChI is InChI=1S/C24H19NO6/c1-29-14-7-8-15(30-2)19-18(14)23(27)20-16(31-3)9-12-17-11(5-4-6-13(17)26)10-25-22(12)21(20)24(19)28/h7-10H,4-6H2,1-3H3. The van der Waals surface area contributed by atoms with Crippen LogP contribution in [-0.4, -0.2) is 43.7 Å². The Kier molecular flexibility index (Phi) is 4.28. The average molecular weight is 417 g/mol. The molecule has 31 heavy (non-hydrogen) atoms. The summed E-state index contributed by atoms with van der Waals surface area (Å²) in [5.74, 6) is -0.0555. The molecular weight excluding hydrogens is 398 g/mol. The Bertz CT molecular complexity index is 1320. The lowest BCUT2D eigenvalue weighted by atomic mass is 9.79. The van der Waals surface area contributed by atoms with Crippen molar-refractivity contribution in [2.45, 2.75) is 19.3 Å². The van der Waals surface area contributed by atoms with Crippen LogP contribution in [0.4, 0.5) is 0 Å². The van der Waals surface area contributed by atoms with Gasteiger partial charge in [-0.25, -0.2) is 0 Å². The lowest BCUT2D eigenvalue weighted by Gasteiger charge is -2.25. The fourth-order valence-electron chi connectivity index (χ4n) is 4.65. The van der Waals surface area contributed by atoms with Gasteiger partial charge in [0.2, 0.25) is 11.6 Å². The number of ether oxygens (including phenoxy) is 3. The molecular formula is C24H19NO6. The molecule has 0 aliphatic heterocycles. The number of carbonyl (C=O) groups is 3. The molecule has 0 amide bonds. The van der Waals surface area contributed by atoms with Crippen molar-refractivity contribution in [3.05, 3.63) is 57.8 Å². The van der Waals surface area contributed by atoms with Gasteiger partial charge in [-0.05, 0) is 36.6 Å². The van der Waals surface area contributed by atoms with Crippen molar-refractivity contribution in [2.75, 3.05) is 21.3 Å². The quantitative estimate of drug-likeness (QED) is 0.503. The maximum Gasteiger partial charge on any atom is 0.202 e. The maximum absolute atomic E-state index is 13.8. The van der Waals surface area contributed by atoms with Crippen LogP contribution in [-0.2, 0) is 6.42 Å². The zero-order valence-electron chi connectivity index (χ0n) is 17.3. The normalized spacial score (nSPS) is 14.7. The van der Waals surface area contributed by atoms with Gasteiger partial charge in [-0.15, -0.1) is 0 Å².